The van der Waals surface area contributed by atoms with E-state index in [1.165, 1.54) is 50.7 Å². The van der Waals surface area contributed by atoms with Gasteiger partial charge in [-0.3, -0.25) is 0 Å². The van der Waals surface area contributed by atoms with Gasteiger partial charge >= 0.3 is 0 Å². The number of allylic oxidation sites excluding steroid dienone is 1. The van der Waals surface area contributed by atoms with E-state index in [2.05, 4.69) is 19.1 Å². The molecule has 1 saturated carbocycles. The molecule has 1 aromatic carbocycles. The Labute approximate surface area is 121 Å². The van der Waals surface area contributed by atoms with Gasteiger partial charge in [-0.25, -0.2) is 4.39 Å². The van der Waals surface area contributed by atoms with E-state index in [0.717, 1.165) is 17.6 Å². The van der Waals surface area contributed by atoms with Crippen LogP contribution in [0.3, 0.4) is 0 Å². The lowest BCUT2D eigenvalue weighted by molar-refractivity contribution is 0.292. The first kappa shape index (κ1) is 15.1. The van der Waals surface area contributed by atoms with Gasteiger partial charge in [-0.1, -0.05) is 31.9 Å². The van der Waals surface area contributed by atoms with Crippen molar-refractivity contribution in [3.05, 3.63) is 42.2 Å². The zero-order valence-electron chi connectivity index (χ0n) is 12.4. The van der Waals surface area contributed by atoms with Gasteiger partial charge in [0, 0.05) is 0 Å². The minimum atomic E-state index is -0.225. The molecule has 0 aliphatic heterocycles. The van der Waals surface area contributed by atoms with E-state index in [1.54, 1.807) is 12.1 Å². The van der Waals surface area contributed by atoms with Crippen LogP contribution in [0.25, 0.3) is 0 Å². The predicted octanol–water partition coefficient (Wildman–Crippen LogP) is 5.37. The van der Waals surface area contributed by atoms with Crippen LogP contribution in [0.2, 0.25) is 0 Å². The topological polar surface area (TPSA) is 9.23 Å². The van der Waals surface area contributed by atoms with Crippen molar-refractivity contribution in [2.45, 2.75) is 45.4 Å². The molecule has 0 heterocycles. The summed E-state index contributed by atoms with van der Waals surface area (Å²) in [4.78, 5) is 0. The largest absolute Gasteiger partial charge is 0.490 e. The van der Waals surface area contributed by atoms with E-state index < -0.39 is 0 Å². The molecule has 0 saturated heterocycles. The molecule has 2 heteroatoms. The van der Waals surface area contributed by atoms with Crippen LogP contribution >= 0.6 is 0 Å². The fourth-order valence-corrected chi connectivity index (χ4v) is 3.00. The molecule has 20 heavy (non-hydrogen) atoms. The average molecular weight is 276 g/mol. The monoisotopic (exact) mass is 276 g/mol. The van der Waals surface area contributed by atoms with Crippen LogP contribution in [0.15, 0.2) is 36.4 Å². The van der Waals surface area contributed by atoms with Crippen LogP contribution in [0, 0.1) is 17.7 Å². The Morgan fingerprint density at radius 2 is 1.85 bits per heavy atom. The molecule has 0 aromatic heterocycles. The summed E-state index contributed by atoms with van der Waals surface area (Å²) in [5, 5.41) is 0. The Bertz CT molecular complexity index is 402. The molecule has 1 aromatic rings. The number of ether oxygens (including phenoxy) is 1. The minimum Gasteiger partial charge on any atom is -0.490 e. The van der Waals surface area contributed by atoms with Gasteiger partial charge in [-0.15, -0.1) is 0 Å². The van der Waals surface area contributed by atoms with Crippen molar-refractivity contribution in [2.24, 2.45) is 11.8 Å². The fraction of sp³-hybridized carbons (Fsp3) is 0.556. The number of halogens is 1. The van der Waals surface area contributed by atoms with Crippen LogP contribution in [-0.4, -0.2) is 6.61 Å². The molecular weight excluding hydrogens is 251 g/mol. The summed E-state index contributed by atoms with van der Waals surface area (Å²) in [6.45, 7) is 2.85. The van der Waals surface area contributed by atoms with Gasteiger partial charge in [-0.05, 0) is 61.8 Å². The van der Waals surface area contributed by atoms with Gasteiger partial charge in [0.25, 0.3) is 0 Å². The smallest absolute Gasteiger partial charge is 0.123 e. The first-order chi connectivity index (χ1) is 9.78. The van der Waals surface area contributed by atoms with Crippen molar-refractivity contribution in [3.63, 3.8) is 0 Å². The summed E-state index contributed by atoms with van der Waals surface area (Å²) >= 11 is 0. The lowest BCUT2D eigenvalue weighted by atomic mass is 9.80. The summed E-state index contributed by atoms with van der Waals surface area (Å²) in [6.07, 6.45) is 12.5. The molecule has 1 fully saturated rings. The van der Waals surface area contributed by atoms with Crippen LogP contribution < -0.4 is 4.74 Å². The summed E-state index contributed by atoms with van der Waals surface area (Å²) in [5.41, 5.74) is 0. The lowest BCUT2D eigenvalue weighted by Crippen LogP contribution is -2.13. The standard InChI is InChI=1S/C18H25FO/c1-2-4-15-6-8-16(9-7-15)5-3-14-20-18-12-10-17(19)11-13-18/h3,5,10-13,15-16H,2,4,6-9,14H2,1H3. The Balaban J connectivity index is 1.65. The molecule has 1 nitrogen and oxygen atoms in total. The van der Waals surface area contributed by atoms with Crippen molar-refractivity contribution in [1.29, 1.82) is 0 Å². The predicted molar refractivity (Wildman–Crippen MR) is 81.4 cm³/mol. The second-order valence-electron chi connectivity index (χ2n) is 5.76. The Hall–Kier alpha value is -1.31. The molecular formula is C18H25FO. The van der Waals surface area contributed by atoms with Crippen LogP contribution in [0.4, 0.5) is 4.39 Å². The first-order valence-corrected chi connectivity index (χ1v) is 7.83. The van der Waals surface area contributed by atoms with Gasteiger partial charge in [0.05, 0.1) is 0 Å². The van der Waals surface area contributed by atoms with Crippen molar-refractivity contribution in [2.75, 3.05) is 6.61 Å². The van der Waals surface area contributed by atoms with Crippen LogP contribution in [0.1, 0.15) is 45.4 Å². The lowest BCUT2D eigenvalue weighted by Gasteiger charge is -2.26. The molecule has 0 unspecified atom stereocenters. The Kier molecular flexibility index (Phi) is 6.10. The van der Waals surface area contributed by atoms with E-state index in [1.807, 2.05) is 0 Å². The van der Waals surface area contributed by atoms with E-state index in [-0.39, 0.29) is 5.82 Å². The Morgan fingerprint density at radius 3 is 2.50 bits per heavy atom. The maximum atomic E-state index is 12.7. The van der Waals surface area contributed by atoms with E-state index in [0.29, 0.717) is 6.61 Å². The number of hydrogen-bond acceptors (Lipinski definition) is 1. The third kappa shape index (κ3) is 4.99. The highest BCUT2D eigenvalue weighted by atomic mass is 19.1. The summed E-state index contributed by atoms with van der Waals surface area (Å²) < 4.78 is 18.3. The van der Waals surface area contributed by atoms with Crippen LogP contribution in [0.5, 0.6) is 5.75 Å². The zero-order valence-corrected chi connectivity index (χ0v) is 12.4. The van der Waals surface area contributed by atoms with Crippen molar-refractivity contribution < 1.29 is 9.13 Å². The molecule has 0 amide bonds. The highest BCUT2D eigenvalue weighted by Gasteiger charge is 2.18. The quantitative estimate of drug-likeness (QED) is 0.635. The summed E-state index contributed by atoms with van der Waals surface area (Å²) in [6, 6.07) is 6.18. The van der Waals surface area contributed by atoms with E-state index in [9.17, 15) is 4.39 Å². The Morgan fingerprint density at radius 1 is 1.15 bits per heavy atom. The third-order valence-electron chi connectivity index (χ3n) is 4.16. The molecule has 110 valence electrons. The molecule has 0 radical (unpaired) electrons. The third-order valence-corrected chi connectivity index (χ3v) is 4.16. The van der Waals surface area contributed by atoms with Crippen molar-refractivity contribution in [1.82, 2.24) is 0 Å². The van der Waals surface area contributed by atoms with Gasteiger partial charge in [0.15, 0.2) is 0 Å². The highest BCUT2D eigenvalue weighted by Crippen LogP contribution is 2.32. The zero-order chi connectivity index (χ0) is 14.2. The van der Waals surface area contributed by atoms with Gasteiger partial charge in [0.2, 0.25) is 0 Å². The van der Waals surface area contributed by atoms with Crippen molar-refractivity contribution >= 4 is 0 Å². The molecule has 0 bridgehead atoms. The normalized spacial score (nSPS) is 23.1. The molecule has 0 atom stereocenters. The summed E-state index contributed by atoms with van der Waals surface area (Å²) in [5.74, 6) is 2.18. The number of benzene rings is 1. The molecule has 0 N–H and O–H groups in total. The average Bonchev–Trinajstić information content (AvgIpc) is 2.47. The van der Waals surface area contributed by atoms with Gasteiger partial charge < -0.3 is 4.74 Å². The van der Waals surface area contributed by atoms with E-state index >= 15 is 0 Å². The molecule has 2 rings (SSSR count). The minimum absolute atomic E-state index is 0.225. The maximum Gasteiger partial charge on any atom is 0.123 e. The fourth-order valence-electron chi connectivity index (χ4n) is 3.00. The molecule has 1 aliphatic carbocycles. The second kappa shape index (κ2) is 8.08. The maximum absolute atomic E-state index is 12.7. The second-order valence-corrected chi connectivity index (χ2v) is 5.76. The highest BCUT2D eigenvalue weighted by molar-refractivity contribution is 5.22. The first-order valence-electron chi connectivity index (χ1n) is 7.83. The van der Waals surface area contributed by atoms with Gasteiger partial charge in [-0.2, -0.15) is 0 Å². The van der Waals surface area contributed by atoms with Crippen LogP contribution in [-0.2, 0) is 0 Å². The SMILES string of the molecule is CCCC1CCC(C=CCOc2ccc(F)cc2)CC1. The van der Waals surface area contributed by atoms with Crippen molar-refractivity contribution in [3.8, 4) is 5.75 Å². The number of rotatable bonds is 6. The van der Waals surface area contributed by atoms with E-state index in [4.69, 9.17) is 4.74 Å². The molecule has 0 spiro atoms. The molecule has 1 aliphatic rings. The van der Waals surface area contributed by atoms with Gasteiger partial charge in [0.1, 0.15) is 18.2 Å². The number of hydrogen-bond donors (Lipinski definition) is 0. The summed E-state index contributed by atoms with van der Waals surface area (Å²) in [7, 11) is 0.